The predicted molar refractivity (Wildman–Crippen MR) is 90.1 cm³/mol. The highest BCUT2D eigenvalue weighted by Crippen LogP contribution is 2.21. The van der Waals surface area contributed by atoms with Crippen LogP contribution in [0.2, 0.25) is 0 Å². The number of hydrogen-bond donors (Lipinski definition) is 1. The van der Waals surface area contributed by atoms with E-state index in [2.05, 4.69) is 22.1 Å². The molecule has 0 spiro atoms. The quantitative estimate of drug-likeness (QED) is 0.926. The van der Waals surface area contributed by atoms with Gasteiger partial charge in [0.1, 0.15) is 5.82 Å². The largest absolute Gasteiger partial charge is 0.298 e. The van der Waals surface area contributed by atoms with E-state index in [-0.39, 0.29) is 5.56 Å². The smallest absolute Gasteiger partial charge is 0.260 e. The number of carbonyl (C=O) groups excluding carboxylic acids is 1. The average molecular weight is 333 g/mol. The Morgan fingerprint density at radius 1 is 1.48 bits per heavy atom. The van der Waals surface area contributed by atoms with Crippen LogP contribution in [0.1, 0.15) is 35.8 Å². The molecule has 1 N–H and O–H groups in total. The van der Waals surface area contributed by atoms with E-state index in [1.54, 1.807) is 12.1 Å². The molecule has 1 fully saturated rings. The first-order chi connectivity index (χ1) is 11.1. The number of piperidine rings is 1. The summed E-state index contributed by atoms with van der Waals surface area (Å²) < 4.78 is 13.6. The van der Waals surface area contributed by atoms with Crippen LogP contribution in [0.4, 0.5) is 9.52 Å². The monoisotopic (exact) mass is 333 g/mol. The lowest BCUT2D eigenvalue weighted by Crippen LogP contribution is -2.33. The highest BCUT2D eigenvalue weighted by Gasteiger charge is 2.18. The van der Waals surface area contributed by atoms with Crippen LogP contribution in [0.5, 0.6) is 0 Å². The topological polar surface area (TPSA) is 45.2 Å². The normalized spacial score (nSPS) is 18.8. The van der Waals surface area contributed by atoms with Gasteiger partial charge in [-0.25, -0.2) is 9.37 Å². The average Bonchev–Trinajstić information content (AvgIpc) is 2.94. The molecular formula is C17H20FN3OS. The fourth-order valence-corrected chi connectivity index (χ4v) is 3.60. The molecule has 0 bridgehead atoms. The maximum Gasteiger partial charge on any atom is 0.260 e. The van der Waals surface area contributed by atoms with Gasteiger partial charge in [-0.05, 0) is 37.4 Å². The van der Waals surface area contributed by atoms with E-state index in [1.807, 2.05) is 5.38 Å². The summed E-state index contributed by atoms with van der Waals surface area (Å²) in [4.78, 5) is 18.9. The number of carbonyl (C=O) groups is 1. The van der Waals surface area contributed by atoms with E-state index < -0.39 is 11.7 Å². The molecular weight excluding hydrogens is 313 g/mol. The van der Waals surface area contributed by atoms with Gasteiger partial charge in [-0.1, -0.05) is 19.1 Å². The van der Waals surface area contributed by atoms with E-state index >= 15 is 0 Å². The number of anilines is 1. The standard InChI is InChI=1S/C17H20FN3OS/c1-12-5-4-8-21(9-12)10-13-11-23-17(19-13)20-16(22)14-6-2-3-7-15(14)18/h2-3,6-7,11-12H,4-5,8-10H2,1H3,(H,19,20,22)/t12-/m1/s1. The van der Waals surface area contributed by atoms with E-state index in [0.29, 0.717) is 5.13 Å². The molecule has 0 aliphatic carbocycles. The Bertz CT molecular complexity index is 688. The molecule has 0 radical (unpaired) electrons. The molecule has 2 heterocycles. The summed E-state index contributed by atoms with van der Waals surface area (Å²) in [5.41, 5.74) is 0.988. The Hall–Kier alpha value is -1.79. The number of hydrogen-bond acceptors (Lipinski definition) is 4. The second-order valence-electron chi connectivity index (χ2n) is 6.06. The fourth-order valence-electron chi connectivity index (χ4n) is 2.91. The van der Waals surface area contributed by atoms with Gasteiger partial charge in [0.15, 0.2) is 5.13 Å². The van der Waals surface area contributed by atoms with Gasteiger partial charge >= 0.3 is 0 Å². The van der Waals surface area contributed by atoms with Crippen molar-refractivity contribution in [1.82, 2.24) is 9.88 Å². The lowest BCUT2D eigenvalue weighted by atomic mass is 10.0. The van der Waals surface area contributed by atoms with Crippen LogP contribution in [0.15, 0.2) is 29.6 Å². The predicted octanol–water partition coefficient (Wildman–Crippen LogP) is 3.77. The highest BCUT2D eigenvalue weighted by atomic mass is 32.1. The fraction of sp³-hybridized carbons (Fsp3) is 0.412. The molecule has 3 rings (SSSR count). The van der Waals surface area contributed by atoms with Gasteiger partial charge in [-0.15, -0.1) is 11.3 Å². The summed E-state index contributed by atoms with van der Waals surface area (Å²) in [6, 6.07) is 5.95. The van der Waals surface area contributed by atoms with Crippen molar-refractivity contribution in [2.75, 3.05) is 18.4 Å². The Morgan fingerprint density at radius 2 is 2.30 bits per heavy atom. The number of thiazole rings is 1. The zero-order valence-corrected chi connectivity index (χ0v) is 13.9. The Kier molecular flexibility index (Phi) is 5.03. The maximum atomic E-state index is 13.6. The number of benzene rings is 1. The molecule has 1 saturated heterocycles. The minimum Gasteiger partial charge on any atom is -0.298 e. The zero-order valence-electron chi connectivity index (χ0n) is 13.1. The van der Waals surface area contributed by atoms with Gasteiger partial charge in [0.2, 0.25) is 0 Å². The Morgan fingerprint density at radius 3 is 3.09 bits per heavy atom. The molecule has 0 saturated carbocycles. The molecule has 1 aromatic carbocycles. The summed E-state index contributed by atoms with van der Waals surface area (Å²) in [6.45, 7) is 5.26. The van der Waals surface area contributed by atoms with Crippen LogP contribution in [0.3, 0.4) is 0 Å². The second kappa shape index (κ2) is 7.19. The molecule has 2 aromatic rings. The summed E-state index contributed by atoms with van der Waals surface area (Å²) in [6.07, 6.45) is 2.51. The Balaban J connectivity index is 1.61. The van der Waals surface area contributed by atoms with E-state index in [4.69, 9.17) is 0 Å². The summed E-state index contributed by atoms with van der Waals surface area (Å²) >= 11 is 1.38. The minimum absolute atomic E-state index is 0.0362. The van der Waals surface area contributed by atoms with Crippen molar-refractivity contribution >= 4 is 22.4 Å². The molecule has 4 nitrogen and oxygen atoms in total. The Labute approximate surface area is 139 Å². The summed E-state index contributed by atoms with van der Waals surface area (Å²) in [5.74, 6) is -0.262. The van der Waals surface area contributed by atoms with Crippen LogP contribution in [0.25, 0.3) is 0 Å². The molecule has 23 heavy (non-hydrogen) atoms. The van der Waals surface area contributed by atoms with Gasteiger partial charge in [0.25, 0.3) is 5.91 Å². The molecule has 1 aliphatic heterocycles. The first kappa shape index (κ1) is 16.1. The minimum atomic E-state index is -0.524. The molecule has 6 heteroatoms. The van der Waals surface area contributed by atoms with Crippen molar-refractivity contribution < 1.29 is 9.18 Å². The zero-order chi connectivity index (χ0) is 16.2. The first-order valence-corrected chi connectivity index (χ1v) is 8.72. The van der Waals surface area contributed by atoms with Crippen LogP contribution in [-0.2, 0) is 6.54 Å². The highest BCUT2D eigenvalue weighted by molar-refractivity contribution is 7.13. The van der Waals surface area contributed by atoms with Gasteiger partial charge in [-0.3, -0.25) is 15.0 Å². The second-order valence-corrected chi connectivity index (χ2v) is 6.92. The third-order valence-corrected chi connectivity index (χ3v) is 4.82. The van der Waals surface area contributed by atoms with Crippen molar-refractivity contribution in [2.24, 2.45) is 5.92 Å². The van der Waals surface area contributed by atoms with Gasteiger partial charge < -0.3 is 0 Å². The maximum absolute atomic E-state index is 13.6. The van der Waals surface area contributed by atoms with Gasteiger partial charge in [0.05, 0.1) is 11.3 Å². The van der Waals surface area contributed by atoms with Crippen molar-refractivity contribution in [3.63, 3.8) is 0 Å². The molecule has 122 valence electrons. The summed E-state index contributed by atoms with van der Waals surface area (Å²) in [5, 5.41) is 5.14. The van der Waals surface area contributed by atoms with Crippen molar-refractivity contribution in [1.29, 1.82) is 0 Å². The van der Waals surface area contributed by atoms with E-state index in [1.165, 1.54) is 36.3 Å². The van der Waals surface area contributed by atoms with Gasteiger partial charge in [0, 0.05) is 18.5 Å². The van der Waals surface area contributed by atoms with Crippen LogP contribution in [-0.4, -0.2) is 28.9 Å². The number of halogens is 1. The lowest BCUT2D eigenvalue weighted by Gasteiger charge is -2.30. The van der Waals surface area contributed by atoms with Crippen LogP contribution in [0, 0.1) is 11.7 Å². The van der Waals surface area contributed by atoms with Crippen LogP contribution < -0.4 is 5.32 Å². The lowest BCUT2D eigenvalue weighted by molar-refractivity contribution is 0.102. The molecule has 1 aliphatic rings. The molecule has 0 unspecified atom stereocenters. The number of rotatable bonds is 4. The molecule has 1 atom stereocenters. The van der Waals surface area contributed by atoms with E-state index in [0.717, 1.165) is 31.2 Å². The SMILES string of the molecule is C[C@@H]1CCCN(Cc2csc(NC(=O)c3ccccc3F)n2)C1. The number of amides is 1. The van der Waals surface area contributed by atoms with Crippen molar-refractivity contribution in [3.05, 3.63) is 46.7 Å². The molecule has 1 aromatic heterocycles. The van der Waals surface area contributed by atoms with Crippen molar-refractivity contribution in [3.8, 4) is 0 Å². The van der Waals surface area contributed by atoms with Crippen LogP contribution >= 0.6 is 11.3 Å². The van der Waals surface area contributed by atoms with Crippen molar-refractivity contribution in [2.45, 2.75) is 26.3 Å². The number of aromatic nitrogens is 1. The van der Waals surface area contributed by atoms with E-state index in [9.17, 15) is 9.18 Å². The number of nitrogens with one attached hydrogen (secondary N) is 1. The summed E-state index contributed by atoms with van der Waals surface area (Å²) in [7, 11) is 0. The third kappa shape index (κ3) is 4.14. The first-order valence-electron chi connectivity index (χ1n) is 7.84. The molecule has 1 amide bonds. The third-order valence-electron chi connectivity index (χ3n) is 4.02. The van der Waals surface area contributed by atoms with Gasteiger partial charge in [-0.2, -0.15) is 0 Å². The number of likely N-dealkylation sites (tertiary alicyclic amines) is 1. The number of nitrogens with zero attached hydrogens (tertiary/aromatic N) is 2.